The Bertz CT molecular complexity index is 668. The number of carbonyl (C=O) groups is 1. The zero-order chi connectivity index (χ0) is 17.6. The van der Waals surface area contributed by atoms with Crippen molar-refractivity contribution in [2.45, 2.75) is 44.2 Å². The molecule has 1 aliphatic carbocycles. The summed E-state index contributed by atoms with van der Waals surface area (Å²) in [5.41, 5.74) is 7.21. The molecular weight excluding hydrogens is 321 g/mol. The number of amides is 1. The number of fused-ring (bicyclic) bond motifs is 3. The van der Waals surface area contributed by atoms with E-state index in [-0.39, 0.29) is 35.6 Å². The number of benzene rings is 1. The lowest BCUT2D eigenvalue weighted by atomic mass is 9.67. The maximum absolute atomic E-state index is 14.7. The van der Waals surface area contributed by atoms with Crippen LogP contribution in [0.25, 0.3) is 0 Å². The van der Waals surface area contributed by atoms with Crippen molar-refractivity contribution in [1.82, 2.24) is 15.8 Å². The Hall–Kier alpha value is -1.66. The maximum Gasteiger partial charge on any atom is 0.228 e. The molecule has 2 heterocycles. The number of piperidine rings is 1. The van der Waals surface area contributed by atoms with Gasteiger partial charge in [0.05, 0.1) is 13.0 Å². The molecule has 0 radical (unpaired) electrons. The molecule has 25 heavy (non-hydrogen) atoms. The van der Waals surface area contributed by atoms with E-state index in [9.17, 15) is 9.18 Å². The van der Waals surface area contributed by atoms with Crippen molar-refractivity contribution in [1.29, 1.82) is 0 Å². The molecular formula is C19H26FN3O2. The van der Waals surface area contributed by atoms with E-state index in [1.54, 1.807) is 6.07 Å². The van der Waals surface area contributed by atoms with Crippen LogP contribution in [0.1, 0.15) is 37.7 Å². The Morgan fingerprint density at radius 1 is 1.36 bits per heavy atom. The van der Waals surface area contributed by atoms with E-state index in [1.165, 1.54) is 7.11 Å². The number of nitrogens with zero attached hydrogens (tertiary/aromatic N) is 1. The lowest BCUT2D eigenvalue weighted by Gasteiger charge is -2.50. The van der Waals surface area contributed by atoms with Crippen LogP contribution in [0.4, 0.5) is 4.39 Å². The molecule has 136 valence electrons. The highest BCUT2D eigenvalue weighted by Crippen LogP contribution is 2.45. The van der Waals surface area contributed by atoms with Crippen molar-refractivity contribution in [2.75, 3.05) is 20.2 Å². The first-order valence-electron chi connectivity index (χ1n) is 9.27. The predicted octanol–water partition coefficient (Wildman–Crippen LogP) is 2.04. The zero-order valence-corrected chi connectivity index (χ0v) is 14.8. The summed E-state index contributed by atoms with van der Waals surface area (Å²) in [7, 11) is 1.50. The first-order valence-corrected chi connectivity index (χ1v) is 9.27. The van der Waals surface area contributed by atoms with Crippen LogP contribution < -0.4 is 15.6 Å². The van der Waals surface area contributed by atoms with Crippen LogP contribution in [0.3, 0.4) is 0 Å². The van der Waals surface area contributed by atoms with E-state index in [4.69, 9.17) is 4.74 Å². The Morgan fingerprint density at radius 2 is 2.20 bits per heavy atom. The second kappa shape index (κ2) is 6.57. The molecule has 2 aliphatic heterocycles. The fraction of sp³-hybridized carbons (Fsp3) is 0.632. The number of hydrogen-bond acceptors (Lipinski definition) is 4. The Balaban J connectivity index is 1.62. The van der Waals surface area contributed by atoms with Gasteiger partial charge in [-0.3, -0.25) is 15.6 Å². The predicted molar refractivity (Wildman–Crippen MR) is 92.6 cm³/mol. The number of rotatable bonds is 3. The second-order valence-corrected chi connectivity index (χ2v) is 7.39. The van der Waals surface area contributed by atoms with Crippen molar-refractivity contribution in [3.63, 3.8) is 0 Å². The molecule has 5 atom stereocenters. The molecule has 1 saturated carbocycles. The first-order chi connectivity index (χ1) is 12.2. The molecule has 3 fully saturated rings. The fourth-order valence-electron chi connectivity index (χ4n) is 5.16. The van der Waals surface area contributed by atoms with Crippen LogP contribution in [0.15, 0.2) is 18.2 Å². The van der Waals surface area contributed by atoms with Gasteiger partial charge in [0.2, 0.25) is 5.91 Å². The molecule has 5 unspecified atom stereocenters. The monoisotopic (exact) mass is 347 g/mol. The van der Waals surface area contributed by atoms with Crippen molar-refractivity contribution >= 4 is 5.91 Å². The number of nitrogens with one attached hydrogen (secondary N) is 2. The summed E-state index contributed by atoms with van der Waals surface area (Å²) in [6.45, 7) is 3.47. The average Bonchev–Trinajstić information content (AvgIpc) is 3.12. The number of hydrogen-bond donors (Lipinski definition) is 2. The minimum absolute atomic E-state index is 0.0336. The third-order valence-corrected chi connectivity index (χ3v) is 6.35. The molecule has 0 bridgehead atoms. The van der Waals surface area contributed by atoms with Crippen LogP contribution in [0, 0.1) is 17.7 Å². The molecule has 6 heteroatoms. The topological polar surface area (TPSA) is 53.6 Å². The van der Waals surface area contributed by atoms with Crippen LogP contribution in [0.5, 0.6) is 5.75 Å². The first kappa shape index (κ1) is 16.8. The molecule has 4 rings (SSSR count). The summed E-state index contributed by atoms with van der Waals surface area (Å²) in [6.07, 6.45) is 2.77. The summed E-state index contributed by atoms with van der Waals surface area (Å²) in [5, 5.41) is 0. The number of likely N-dealkylation sites (tertiary alicyclic amines) is 1. The highest BCUT2D eigenvalue weighted by atomic mass is 19.1. The van der Waals surface area contributed by atoms with Gasteiger partial charge in [0, 0.05) is 25.2 Å². The third kappa shape index (κ3) is 2.62. The van der Waals surface area contributed by atoms with E-state index in [2.05, 4.69) is 10.9 Å². The van der Waals surface area contributed by atoms with E-state index < -0.39 is 0 Å². The molecule has 2 N–H and O–H groups in total. The third-order valence-electron chi connectivity index (χ3n) is 6.35. The van der Waals surface area contributed by atoms with Gasteiger partial charge in [-0.1, -0.05) is 12.1 Å². The summed E-state index contributed by atoms with van der Waals surface area (Å²) >= 11 is 0. The van der Waals surface area contributed by atoms with Gasteiger partial charge < -0.3 is 9.64 Å². The molecule has 1 amide bonds. The highest BCUT2D eigenvalue weighted by molar-refractivity contribution is 5.81. The fourth-order valence-corrected chi connectivity index (χ4v) is 5.16. The molecule has 1 aromatic carbocycles. The van der Waals surface area contributed by atoms with Gasteiger partial charge in [-0.05, 0) is 49.7 Å². The minimum atomic E-state index is -0.253. The number of ether oxygens (including phenoxy) is 1. The Kier molecular flexibility index (Phi) is 4.41. The van der Waals surface area contributed by atoms with Crippen molar-refractivity contribution in [3.05, 3.63) is 29.6 Å². The zero-order valence-electron chi connectivity index (χ0n) is 14.8. The average molecular weight is 347 g/mol. The van der Waals surface area contributed by atoms with E-state index in [1.807, 2.05) is 24.0 Å². The smallest absolute Gasteiger partial charge is 0.228 e. The molecule has 0 aromatic heterocycles. The molecule has 5 nitrogen and oxygen atoms in total. The van der Waals surface area contributed by atoms with E-state index >= 15 is 0 Å². The Morgan fingerprint density at radius 3 is 2.96 bits per heavy atom. The van der Waals surface area contributed by atoms with E-state index in [0.717, 1.165) is 31.4 Å². The molecule has 2 saturated heterocycles. The summed E-state index contributed by atoms with van der Waals surface area (Å²) < 4.78 is 19.9. The normalized spacial score (nSPS) is 34.6. The molecule has 3 aliphatic rings. The van der Waals surface area contributed by atoms with Gasteiger partial charge in [0.1, 0.15) is 0 Å². The standard InChI is InChI=1S/C19H26FN3O2/c1-3-23-15-9-11(12-5-4-6-16(25-2)17(12)20)7-8-13(15)18-14(19(23)24)10-21-22-18/h4-6,11,13-15,18,21-22H,3,7-10H2,1-2H3. The summed E-state index contributed by atoms with van der Waals surface area (Å²) in [5.74, 6) is 0.876. The molecule has 1 aromatic rings. The van der Waals surface area contributed by atoms with Gasteiger partial charge in [0.15, 0.2) is 11.6 Å². The van der Waals surface area contributed by atoms with E-state index in [0.29, 0.717) is 18.2 Å². The SMILES string of the molecule is CCN1C(=O)C2CNNC2C2CCC(c3cccc(OC)c3F)CC21. The number of halogens is 1. The van der Waals surface area contributed by atoms with Crippen LogP contribution >= 0.6 is 0 Å². The summed E-state index contributed by atoms with van der Waals surface area (Å²) in [4.78, 5) is 14.9. The maximum atomic E-state index is 14.7. The van der Waals surface area contributed by atoms with Gasteiger partial charge in [-0.15, -0.1) is 0 Å². The van der Waals surface area contributed by atoms with Crippen molar-refractivity contribution in [2.24, 2.45) is 11.8 Å². The van der Waals surface area contributed by atoms with Crippen molar-refractivity contribution in [3.8, 4) is 5.75 Å². The van der Waals surface area contributed by atoms with Gasteiger partial charge in [-0.25, -0.2) is 4.39 Å². The van der Waals surface area contributed by atoms with Gasteiger partial charge in [-0.2, -0.15) is 0 Å². The van der Waals surface area contributed by atoms with Crippen LogP contribution in [0.2, 0.25) is 0 Å². The number of methoxy groups -OCH3 is 1. The molecule has 0 spiro atoms. The van der Waals surface area contributed by atoms with Gasteiger partial charge >= 0.3 is 0 Å². The Labute approximate surface area is 147 Å². The van der Waals surface area contributed by atoms with Crippen LogP contribution in [-0.2, 0) is 4.79 Å². The minimum Gasteiger partial charge on any atom is -0.494 e. The lowest BCUT2D eigenvalue weighted by molar-refractivity contribution is -0.146. The van der Waals surface area contributed by atoms with Crippen molar-refractivity contribution < 1.29 is 13.9 Å². The summed E-state index contributed by atoms with van der Waals surface area (Å²) in [6, 6.07) is 5.76. The number of hydrazine groups is 1. The second-order valence-electron chi connectivity index (χ2n) is 7.39. The largest absolute Gasteiger partial charge is 0.494 e. The number of carbonyl (C=O) groups excluding carboxylic acids is 1. The van der Waals surface area contributed by atoms with Gasteiger partial charge in [0.25, 0.3) is 0 Å². The lowest BCUT2D eigenvalue weighted by Crippen LogP contribution is -2.61. The quantitative estimate of drug-likeness (QED) is 0.879. The van der Waals surface area contributed by atoms with Crippen LogP contribution in [-0.4, -0.2) is 43.1 Å². The highest BCUT2D eigenvalue weighted by Gasteiger charge is 2.51.